The molecule has 4 aromatic rings. The maximum Gasteiger partial charge on any atom is 0.234 e. The zero-order valence-electron chi connectivity index (χ0n) is 17.2. The van der Waals surface area contributed by atoms with E-state index in [1.165, 1.54) is 11.8 Å². The van der Waals surface area contributed by atoms with Gasteiger partial charge in [-0.15, -0.1) is 10.2 Å². The highest BCUT2D eigenvalue weighted by Gasteiger charge is 2.17. The monoisotopic (exact) mass is 445 g/mol. The summed E-state index contributed by atoms with van der Waals surface area (Å²) >= 11 is 1.27. The molecule has 2 aromatic carbocycles. The molecule has 1 N–H and O–H groups in total. The Morgan fingerprint density at radius 1 is 1.19 bits per heavy atom. The Kier molecular flexibility index (Phi) is 6.53. The summed E-state index contributed by atoms with van der Waals surface area (Å²) < 4.78 is 12.7. The van der Waals surface area contributed by atoms with Crippen molar-refractivity contribution < 1.29 is 13.9 Å². The topological polar surface area (TPSA) is 106 Å². The molecule has 0 atom stereocenters. The first-order valence-corrected chi connectivity index (χ1v) is 10.7. The average Bonchev–Trinajstić information content (AvgIpc) is 3.48. The number of rotatable bonds is 8. The second-order valence-corrected chi connectivity index (χ2v) is 7.68. The number of methoxy groups -OCH3 is 1. The second kappa shape index (κ2) is 9.85. The molecule has 9 heteroatoms. The molecule has 0 radical (unpaired) electrons. The molecule has 0 saturated heterocycles. The smallest absolute Gasteiger partial charge is 0.234 e. The van der Waals surface area contributed by atoms with Crippen LogP contribution in [-0.4, -0.2) is 33.5 Å². The highest BCUT2D eigenvalue weighted by molar-refractivity contribution is 7.99. The van der Waals surface area contributed by atoms with E-state index < -0.39 is 0 Å². The van der Waals surface area contributed by atoms with Crippen LogP contribution < -0.4 is 10.1 Å². The van der Waals surface area contributed by atoms with Crippen LogP contribution in [0.1, 0.15) is 11.3 Å². The van der Waals surface area contributed by atoms with Crippen LogP contribution in [0.25, 0.3) is 11.4 Å². The molecule has 0 aliphatic rings. The van der Waals surface area contributed by atoms with E-state index in [0.717, 1.165) is 11.3 Å². The summed E-state index contributed by atoms with van der Waals surface area (Å²) in [6.45, 7) is 0.417. The minimum Gasteiger partial charge on any atom is -0.497 e. The summed E-state index contributed by atoms with van der Waals surface area (Å²) in [6.07, 6.45) is 1.61. The molecular weight excluding hydrogens is 426 g/mol. The van der Waals surface area contributed by atoms with Gasteiger partial charge < -0.3 is 14.5 Å². The van der Waals surface area contributed by atoms with Crippen molar-refractivity contribution in [1.82, 2.24) is 14.8 Å². The van der Waals surface area contributed by atoms with Crippen LogP contribution in [-0.2, 0) is 11.3 Å². The quantitative estimate of drug-likeness (QED) is 0.405. The van der Waals surface area contributed by atoms with Gasteiger partial charge in [-0.3, -0.25) is 9.36 Å². The highest BCUT2D eigenvalue weighted by Crippen LogP contribution is 2.27. The largest absolute Gasteiger partial charge is 0.497 e. The number of aromatic nitrogens is 3. The number of nitrogens with one attached hydrogen (secondary N) is 1. The predicted molar refractivity (Wildman–Crippen MR) is 120 cm³/mol. The summed E-state index contributed by atoms with van der Waals surface area (Å²) in [5.74, 6) is 2.02. The zero-order chi connectivity index (χ0) is 22.3. The summed E-state index contributed by atoms with van der Waals surface area (Å²) in [5.41, 5.74) is 1.90. The average molecular weight is 446 g/mol. The number of thioether (sulfide) groups is 1. The van der Waals surface area contributed by atoms with Crippen molar-refractivity contribution in [3.63, 3.8) is 0 Å². The van der Waals surface area contributed by atoms with E-state index in [0.29, 0.717) is 34.5 Å². The fraction of sp³-hybridized carbons (Fsp3) is 0.130. The van der Waals surface area contributed by atoms with Crippen molar-refractivity contribution in [3.8, 4) is 23.2 Å². The Morgan fingerprint density at radius 3 is 2.84 bits per heavy atom. The van der Waals surface area contributed by atoms with E-state index in [2.05, 4.69) is 21.6 Å². The number of nitrogens with zero attached hydrogens (tertiary/aromatic N) is 4. The highest BCUT2D eigenvalue weighted by atomic mass is 32.2. The maximum atomic E-state index is 12.5. The summed E-state index contributed by atoms with van der Waals surface area (Å²) in [4.78, 5) is 12.5. The van der Waals surface area contributed by atoms with Gasteiger partial charge in [0.05, 0.1) is 37.3 Å². The minimum absolute atomic E-state index is 0.130. The van der Waals surface area contributed by atoms with Gasteiger partial charge in [-0.2, -0.15) is 5.26 Å². The summed E-state index contributed by atoms with van der Waals surface area (Å²) in [7, 11) is 1.61. The number of hydrogen-bond donors (Lipinski definition) is 1. The maximum absolute atomic E-state index is 12.5. The molecule has 0 unspecified atom stereocenters. The van der Waals surface area contributed by atoms with Crippen molar-refractivity contribution in [2.75, 3.05) is 18.2 Å². The number of carbonyl (C=O) groups is 1. The van der Waals surface area contributed by atoms with Crippen molar-refractivity contribution in [1.29, 1.82) is 5.26 Å². The molecule has 0 bridgehead atoms. The molecule has 0 aliphatic carbocycles. The number of carbonyl (C=O) groups excluding carboxylic acids is 1. The molecule has 0 aliphatic heterocycles. The van der Waals surface area contributed by atoms with E-state index in [1.54, 1.807) is 37.6 Å². The van der Waals surface area contributed by atoms with Crippen LogP contribution >= 0.6 is 11.8 Å². The molecule has 2 heterocycles. The van der Waals surface area contributed by atoms with Crippen molar-refractivity contribution in [3.05, 3.63) is 78.3 Å². The number of anilines is 1. The number of nitriles is 1. The van der Waals surface area contributed by atoms with Gasteiger partial charge in [-0.25, -0.2) is 0 Å². The Morgan fingerprint density at radius 2 is 2.06 bits per heavy atom. The first kappa shape index (κ1) is 21.2. The molecule has 0 spiro atoms. The normalized spacial score (nSPS) is 10.5. The Balaban J connectivity index is 1.54. The van der Waals surface area contributed by atoms with Crippen LogP contribution in [0.5, 0.6) is 5.75 Å². The van der Waals surface area contributed by atoms with Gasteiger partial charge in [0.15, 0.2) is 11.0 Å². The minimum atomic E-state index is -0.208. The van der Waals surface area contributed by atoms with E-state index in [9.17, 15) is 4.79 Å². The van der Waals surface area contributed by atoms with Gasteiger partial charge in [-0.1, -0.05) is 30.0 Å². The lowest BCUT2D eigenvalue weighted by molar-refractivity contribution is -0.113. The number of hydrogen-bond acceptors (Lipinski definition) is 7. The first-order valence-electron chi connectivity index (χ1n) is 9.69. The molecular formula is C23H19N5O3S. The standard InChI is InChI=1S/C23H19N5O3S/c1-30-19-8-3-6-17(12-19)22-26-27-23(28(22)14-20-9-4-10-31-20)32-15-21(29)25-18-7-2-5-16(11-18)13-24/h2-12H,14-15H2,1H3,(H,25,29). The molecule has 0 saturated carbocycles. The number of amides is 1. The zero-order valence-corrected chi connectivity index (χ0v) is 18.0. The van der Waals surface area contributed by atoms with Crippen LogP contribution in [0.4, 0.5) is 5.69 Å². The van der Waals surface area contributed by atoms with Crippen molar-refractivity contribution in [2.24, 2.45) is 0 Å². The van der Waals surface area contributed by atoms with Gasteiger partial charge in [-0.05, 0) is 42.5 Å². The summed E-state index contributed by atoms with van der Waals surface area (Å²) in [6, 6.07) is 20.1. The lowest BCUT2D eigenvalue weighted by Crippen LogP contribution is -2.15. The SMILES string of the molecule is COc1cccc(-c2nnc(SCC(=O)Nc3cccc(C#N)c3)n2Cc2ccco2)c1. The molecule has 8 nitrogen and oxygen atoms in total. The molecule has 4 rings (SSSR count). The van der Waals surface area contributed by atoms with Gasteiger partial charge in [0.2, 0.25) is 5.91 Å². The fourth-order valence-electron chi connectivity index (χ4n) is 3.07. The van der Waals surface area contributed by atoms with E-state index in [4.69, 9.17) is 14.4 Å². The Bertz CT molecular complexity index is 1260. The lowest BCUT2D eigenvalue weighted by Gasteiger charge is -2.10. The molecule has 2 aromatic heterocycles. The molecule has 0 fully saturated rings. The van der Waals surface area contributed by atoms with Crippen molar-refractivity contribution in [2.45, 2.75) is 11.7 Å². The molecule has 32 heavy (non-hydrogen) atoms. The van der Waals surface area contributed by atoms with Crippen LogP contribution in [0.15, 0.2) is 76.5 Å². The van der Waals surface area contributed by atoms with Gasteiger partial charge in [0.1, 0.15) is 11.5 Å². The third-order valence-electron chi connectivity index (χ3n) is 4.55. The lowest BCUT2D eigenvalue weighted by atomic mass is 10.2. The van der Waals surface area contributed by atoms with E-state index >= 15 is 0 Å². The predicted octanol–water partition coefficient (Wildman–Crippen LogP) is 4.20. The number of ether oxygens (including phenoxy) is 1. The third-order valence-corrected chi connectivity index (χ3v) is 5.51. The summed E-state index contributed by atoms with van der Waals surface area (Å²) in [5, 5.41) is 21.1. The third kappa shape index (κ3) is 4.99. The van der Waals surface area contributed by atoms with Crippen molar-refractivity contribution >= 4 is 23.4 Å². The molecule has 1 amide bonds. The van der Waals surface area contributed by atoms with Crippen LogP contribution in [0.2, 0.25) is 0 Å². The molecule has 160 valence electrons. The van der Waals surface area contributed by atoms with Crippen LogP contribution in [0.3, 0.4) is 0 Å². The number of furan rings is 1. The Hall–Kier alpha value is -4.03. The fourth-order valence-corrected chi connectivity index (χ4v) is 3.80. The van der Waals surface area contributed by atoms with Crippen LogP contribution in [0, 0.1) is 11.3 Å². The second-order valence-electron chi connectivity index (χ2n) is 6.73. The number of benzene rings is 2. The van der Waals surface area contributed by atoms with E-state index in [-0.39, 0.29) is 11.7 Å². The first-order chi connectivity index (χ1) is 15.7. The van der Waals surface area contributed by atoms with Gasteiger partial charge in [0.25, 0.3) is 0 Å². The van der Waals surface area contributed by atoms with Gasteiger partial charge >= 0.3 is 0 Å². The van der Waals surface area contributed by atoms with E-state index in [1.807, 2.05) is 41.0 Å². The Labute approximate surface area is 188 Å². The van der Waals surface area contributed by atoms with Gasteiger partial charge in [0, 0.05) is 11.3 Å².